The zero-order valence-corrected chi connectivity index (χ0v) is 23.5. The molecule has 0 unspecified atom stereocenters. The summed E-state index contributed by atoms with van der Waals surface area (Å²) in [6.45, 7) is 0. The third-order valence-corrected chi connectivity index (χ3v) is 7.90. The molecule has 1 aromatic heterocycles. The van der Waals surface area contributed by atoms with E-state index in [4.69, 9.17) is 4.74 Å². The molecule has 200 valence electrons. The summed E-state index contributed by atoms with van der Waals surface area (Å²) in [5.74, 6) is 0.242. The predicted octanol–water partition coefficient (Wildman–Crippen LogP) is 5.11. The Labute approximate surface area is 234 Å². The second-order valence-corrected chi connectivity index (χ2v) is 10.7. The molecule has 1 fully saturated rings. The number of fused-ring (bicyclic) bond motifs is 1. The normalized spacial score (nSPS) is 14.3. The Balaban J connectivity index is 1.28. The Morgan fingerprint density at radius 1 is 0.974 bits per heavy atom. The first-order valence-corrected chi connectivity index (χ1v) is 13.4. The Morgan fingerprint density at radius 3 is 2.36 bits per heavy atom. The van der Waals surface area contributed by atoms with Crippen molar-refractivity contribution in [3.05, 3.63) is 98.4 Å². The van der Waals surface area contributed by atoms with Crippen molar-refractivity contribution in [3.8, 4) is 5.75 Å². The number of anilines is 1. The van der Waals surface area contributed by atoms with Crippen LogP contribution >= 0.6 is 15.9 Å². The molecule has 2 N–H and O–H groups in total. The highest BCUT2D eigenvalue weighted by molar-refractivity contribution is 9.10. The van der Waals surface area contributed by atoms with Crippen molar-refractivity contribution < 1.29 is 14.3 Å². The number of ether oxygens (including phenoxy) is 1. The van der Waals surface area contributed by atoms with Crippen molar-refractivity contribution in [2.24, 2.45) is 14.1 Å². The minimum atomic E-state index is -0.436. The molecule has 0 saturated heterocycles. The molecule has 0 radical (unpaired) electrons. The lowest BCUT2D eigenvalue weighted by Gasteiger charge is -2.43. The van der Waals surface area contributed by atoms with Gasteiger partial charge in [0.05, 0.1) is 23.7 Å². The number of hydrogen-bond acceptors (Lipinski definition) is 4. The maximum absolute atomic E-state index is 12.9. The number of methoxy groups -OCH3 is 1. The quantitative estimate of drug-likeness (QED) is 0.293. The molecule has 5 rings (SSSR count). The zero-order chi connectivity index (χ0) is 27.7. The van der Waals surface area contributed by atoms with E-state index in [1.165, 1.54) is 10.6 Å². The lowest BCUT2D eigenvalue weighted by atomic mass is 9.71. The molecule has 1 saturated carbocycles. The molecule has 2 amide bonds. The van der Waals surface area contributed by atoms with Gasteiger partial charge in [0.2, 0.25) is 5.91 Å². The highest BCUT2D eigenvalue weighted by atomic mass is 79.9. The number of hydrogen-bond donors (Lipinski definition) is 2. The largest absolute Gasteiger partial charge is 0.496 e. The minimum Gasteiger partial charge on any atom is -0.496 e. The van der Waals surface area contributed by atoms with Crippen molar-refractivity contribution in [1.29, 1.82) is 0 Å². The summed E-state index contributed by atoms with van der Waals surface area (Å²) in [5.41, 5.74) is 3.79. The predicted molar refractivity (Wildman–Crippen MR) is 156 cm³/mol. The van der Waals surface area contributed by atoms with Crippen LogP contribution in [-0.4, -0.2) is 28.1 Å². The number of nitrogens with zero attached hydrogens (tertiary/aromatic N) is 2. The number of rotatable bonds is 7. The van der Waals surface area contributed by atoms with Crippen LogP contribution in [0.15, 0.2) is 76.0 Å². The van der Waals surface area contributed by atoms with Gasteiger partial charge < -0.3 is 15.4 Å². The van der Waals surface area contributed by atoms with Crippen molar-refractivity contribution in [2.75, 3.05) is 12.4 Å². The molecule has 39 heavy (non-hydrogen) atoms. The molecular formula is C30H29BrN4O4. The summed E-state index contributed by atoms with van der Waals surface area (Å²) < 4.78 is 9.36. The van der Waals surface area contributed by atoms with Crippen LogP contribution in [0.2, 0.25) is 0 Å². The van der Waals surface area contributed by atoms with Gasteiger partial charge in [0.1, 0.15) is 5.75 Å². The third-order valence-electron chi connectivity index (χ3n) is 7.41. The Morgan fingerprint density at radius 2 is 1.69 bits per heavy atom. The van der Waals surface area contributed by atoms with Crippen LogP contribution in [0.1, 0.15) is 40.7 Å². The number of halogens is 1. The second-order valence-electron chi connectivity index (χ2n) is 9.78. The van der Waals surface area contributed by atoms with Crippen molar-refractivity contribution >= 4 is 50.5 Å². The van der Waals surface area contributed by atoms with Gasteiger partial charge in [-0.1, -0.05) is 28.1 Å². The average Bonchev–Trinajstić information content (AvgIpc) is 3.13. The fraction of sp³-hybridized carbons (Fsp3) is 0.233. The maximum Gasteiger partial charge on any atom is 0.328 e. The van der Waals surface area contributed by atoms with Gasteiger partial charge in [0, 0.05) is 41.5 Å². The lowest BCUT2D eigenvalue weighted by molar-refractivity contribution is -0.119. The smallest absolute Gasteiger partial charge is 0.328 e. The van der Waals surface area contributed by atoms with E-state index in [0.29, 0.717) is 22.5 Å². The summed E-state index contributed by atoms with van der Waals surface area (Å²) in [6, 6.07) is 18.4. The number of carbonyl (C=O) groups is 2. The number of aromatic nitrogens is 2. The molecule has 8 nitrogen and oxygen atoms in total. The van der Waals surface area contributed by atoms with Crippen LogP contribution in [0.5, 0.6) is 5.75 Å². The van der Waals surface area contributed by atoms with Crippen LogP contribution in [0.25, 0.3) is 17.1 Å². The van der Waals surface area contributed by atoms with Crippen LogP contribution in [0.3, 0.4) is 0 Å². The standard InChI is InChI=1S/C30H29BrN4O4/c1-34-24-12-5-20(18-25(24)35(2)29(34)38)28(37)32-23-10-7-21(8-11-23)30(15-4-16-30)33-27(36)14-6-19-17-22(31)9-13-26(19)39-3/h5-14,17-18H,4,15-16H2,1-3H3,(H,32,37)(H,33,36)/b14-6+. The number of benzene rings is 3. The van der Waals surface area contributed by atoms with Gasteiger partial charge in [0.25, 0.3) is 5.91 Å². The summed E-state index contributed by atoms with van der Waals surface area (Å²) in [7, 11) is 4.99. The summed E-state index contributed by atoms with van der Waals surface area (Å²) in [6.07, 6.45) is 5.97. The number of nitrogens with one attached hydrogen (secondary N) is 2. The van der Waals surface area contributed by atoms with E-state index in [2.05, 4.69) is 26.6 Å². The van der Waals surface area contributed by atoms with Gasteiger partial charge >= 0.3 is 5.69 Å². The third kappa shape index (κ3) is 5.14. The molecule has 9 heteroatoms. The van der Waals surface area contributed by atoms with Crippen molar-refractivity contribution in [3.63, 3.8) is 0 Å². The Hall–Kier alpha value is -4.11. The molecule has 3 aromatic carbocycles. The van der Waals surface area contributed by atoms with Gasteiger partial charge in [0.15, 0.2) is 0 Å². The van der Waals surface area contributed by atoms with Gasteiger partial charge in [-0.3, -0.25) is 18.7 Å². The van der Waals surface area contributed by atoms with Crippen molar-refractivity contribution in [2.45, 2.75) is 24.8 Å². The highest BCUT2D eigenvalue weighted by Crippen LogP contribution is 2.41. The monoisotopic (exact) mass is 588 g/mol. The molecule has 0 bridgehead atoms. The SMILES string of the molecule is COc1ccc(Br)cc1/C=C/C(=O)NC1(c2ccc(NC(=O)c3ccc4c(c3)n(C)c(=O)n4C)cc2)CCC1. The van der Waals surface area contributed by atoms with E-state index >= 15 is 0 Å². The maximum atomic E-state index is 12.9. The first kappa shape index (κ1) is 26.5. The summed E-state index contributed by atoms with van der Waals surface area (Å²) in [4.78, 5) is 38.0. The minimum absolute atomic E-state index is 0.140. The van der Waals surface area contributed by atoms with E-state index in [9.17, 15) is 14.4 Å². The number of imidazole rings is 1. The zero-order valence-electron chi connectivity index (χ0n) is 22.0. The van der Waals surface area contributed by atoms with E-state index in [1.807, 2.05) is 42.5 Å². The van der Waals surface area contributed by atoms with Crippen LogP contribution in [0, 0.1) is 0 Å². The summed E-state index contributed by atoms with van der Waals surface area (Å²) in [5, 5.41) is 6.11. The topological polar surface area (TPSA) is 94.4 Å². The van der Waals surface area contributed by atoms with Crippen molar-refractivity contribution in [1.82, 2.24) is 14.5 Å². The van der Waals surface area contributed by atoms with E-state index < -0.39 is 5.54 Å². The second kappa shape index (κ2) is 10.6. The number of carbonyl (C=O) groups excluding carboxylic acids is 2. The molecule has 1 aliphatic rings. The first-order chi connectivity index (χ1) is 18.7. The molecule has 1 heterocycles. The van der Waals surface area contributed by atoms with E-state index in [0.717, 1.165) is 40.4 Å². The molecule has 0 atom stereocenters. The van der Waals surface area contributed by atoms with E-state index in [1.54, 1.807) is 50.0 Å². The lowest BCUT2D eigenvalue weighted by Crippen LogP contribution is -2.50. The van der Waals surface area contributed by atoms with Gasteiger partial charge in [-0.05, 0) is 79.4 Å². The van der Waals surface area contributed by atoms with Gasteiger partial charge in [-0.2, -0.15) is 0 Å². The van der Waals surface area contributed by atoms with Crippen LogP contribution < -0.4 is 21.1 Å². The van der Waals surface area contributed by atoms with Crippen LogP contribution in [-0.2, 0) is 24.4 Å². The van der Waals surface area contributed by atoms with E-state index in [-0.39, 0.29) is 17.5 Å². The molecule has 1 aliphatic carbocycles. The summed E-state index contributed by atoms with van der Waals surface area (Å²) >= 11 is 3.45. The highest BCUT2D eigenvalue weighted by Gasteiger charge is 2.39. The number of aryl methyl sites for hydroxylation is 2. The molecular weight excluding hydrogens is 560 g/mol. The Bertz CT molecular complexity index is 1660. The fourth-order valence-corrected chi connectivity index (χ4v) is 5.40. The van der Waals surface area contributed by atoms with Gasteiger partial charge in [-0.25, -0.2) is 4.79 Å². The van der Waals surface area contributed by atoms with Crippen LogP contribution in [0.4, 0.5) is 5.69 Å². The fourth-order valence-electron chi connectivity index (χ4n) is 5.02. The molecule has 4 aromatic rings. The average molecular weight is 589 g/mol. The first-order valence-electron chi connectivity index (χ1n) is 12.6. The molecule has 0 aliphatic heterocycles. The molecule has 0 spiro atoms. The number of amides is 2. The van der Waals surface area contributed by atoms with Gasteiger partial charge in [-0.15, -0.1) is 0 Å². The Kier molecular flexibility index (Phi) is 7.18.